The fraction of sp³-hybridized carbons (Fsp3) is 0.250. The molecular formula is C24H26N3O3+. The Labute approximate surface area is 176 Å². The maximum atomic E-state index is 13.3. The molecule has 30 heavy (non-hydrogen) atoms. The molecule has 1 aliphatic heterocycles. The number of aryl methyl sites for hydroxylation is 1. The molecule has 6 heteroatoms. The Morgan fingerprint density at radius 3 is 2.30 bits per heavy atom. The third kappa shape index (κ3) is 4.44. The number of nitrogens with zero attached hydrogens (tertiary/aromatic N) is 1. The van der Waals surface area contributed by atoms with E-state index in [1.54, 1.807) is 17.0 Å². The lowest BCUT2D eigenvalue weighted by Crippen LogP contribution is -3.16. The van der Waals surface area contributed by atoms with Gasteiger partial charge in [0.05, 0.1) is 32.4 Å². The molecule has 3 aromatic rings. The molecule has 6 nitrogen and oxygen atoms in total. The third-order valence-electron chi connectivity index (χ3n) is 5.55. The van der Waals surface area contributed by atoms with Crippen molar-refractivity contribution < 1.29 is 18.9 Å². The molecule has 1 fully saturated rings. The molecule has 154 valence electrons. The summed E-state index contributed by atoms with van der Waals surface area (Å²) in [4.78, 5) is 28.8. The maximum absolute atomic E-state index is 13.3. The minimum atomic E-state index is -0.339. The first-order valence-corrected chi connectivity index (χ1v) is 10.2. The van der Waals surface area contributed by atoms with Crippen LogP contribution < -0.4 is 10.2 Å². The Balaban J connectivity index is 1.49. The van der Waals surface area contributed by atoms with Crippen molar-refractivity contribution in [1.29, 1.82) is 0 Å². The molecule has 1 aliphatic rings. The molecule has 2 aromatic carbocycles. The molecule has 2 amide bonds. The smallest absolute Gasteiger partial charge is 0.289 e. The molecule has 0 bridgehead atoms. The minimum absolute atomic E-state index is 0.0362. The van der Waals surface area contributed by atoms with Crippen LogP contribution in [0.15, 0.2) is 77.4 Å². The number of anilines is 1. The molecule has 0 radical (unpaired) electrons. The van der Waals surface area contributed by atoms with E-state index in [1.165, 1.54) is 6.26 Å². The van der Waals surface area contributed by atoms with Crippen molar-refractivity contribution in [2.75, 3.05) is 31.5 Å². The molecule has 0 spiro atoms. The topological polar surface area (TPSA) is 67.0 Å². The van der Waals surface area contributed by atoms with Crippen molar-refractivity contribution in [2.45, 2.75) is 13.0 Å². The largest absolute Gasteiger partial charge is 0.459 e. The molecule has 1 saturated heterocycles. The molecule has 1 atom stereocenters. The van der Waals surface area contributed by atoms with E-state index >= 15 is 0 Å². The van der Waals surface area contributed by atoms with Gasteiger partial charge in [-0.3, -0.25) is 9.59 Å². The van der Waals surface area contributed by atoms with Gasteiger partial charge in [-0.05, 0) is 31.2 Å². The summed E-state index contributed by atoms with van der Waals surface area (Å²) in [6.45, 7) is 4.55. The highest BCUT2D eigenvalue weighted by Gasteiger charge is 2.35. The molecule has 0 aliphatic carbocycles. The van der Waals surface area contributed by atoms with E-state index in [-0.39, 0.29) is 17.9 Å². The minimum Gasteiger partial charge on any atom is -0.459 e. The van der Waals surface area contributed by atoms with E-state index in [2.05, 4.69) is 5.32 Å². The number of nitrogens with one attached hydrogen (secondary N) is 2. The Kier molecular flexibility index (Phi) is 5.95. The molecule has 4 rings (SSSR count). The van der Waals surface area contributed by atoms with Gasteiger partial charge in [0.25, 0.3) is 11.8 Å². The van der Waals surface area contributed by atoms with Gasteiger partial charge in [-0.15, -0.1) is 0 Å². The lowest BCUT2D eigenvalue weighted by Gasteiger charge is -2.35. The second-order valence-corrected chi connectivity index (χ2v) is 7.63. The summed E-state index contributed by atoms with van der Waals surface area (Å²) >= 11 is 0. The predicted molar refractivity (Wildman–Crippen MR) is 114 cm³/mol. The van der Waals surface area contributed by atoms with Crippen molar-refractivity contribution in [3.63, 3.8) is 0 Å². The summed E-state index contributed by atoms with van der Waals surface area (Å²) in [6, 6.07) is 20.7. The molecular weight excluding hydrogens is 378 g/mol. The van der Waals surface area contributed by atoms with Crippen molar-refractivity contribution >= 4 is 17.5 Å². The third-order valence-corrected chi connectivity index (χ3v) is 5.55. The van der Waals surface area contributed by atoms with E-state index in [0.717, 1.165) is 21.7 Å². The van der Waals surface area contributed by atoms with Crippen molar-refractivity contribution in [3.8, 4) is 0 Å². The Bertz CT molecular complexity index is 976. The van der Waals surface area contributed by atoms with Crippen LogP contribution in [0.1, 0.15) is 27.7 Å². The van der Waals surface area contributed by atoms with Crippen LogP contribution >= 0.6 is 0 Å². The average Bonchev–Trinajstić information content (AvgIpc) is 3.31. The van der Waals surface area contributed by atoms with Crippen molar-refractivity contribution in [2.24, 2.45) is 0 Å². The lowest BCUT2D eigenvalue weighted by atomic mass is 10.0. The molecule has 2 heterocycles. The van der Waals surface area contributed by atoms with E-state index in [4.69, 9.17) is 4.42 Å². The summed E-state index contributed by atoms with van der Waals surface area (Å²) < 4.78 is 5.24. The zero-order chi connectivity index (χ0) is 20.9. The Morgan fingerprint density at radius 2 is 1.67 bits per heavy atom. The summed E-state index contributed by atoms with van der Waals surface area (Å²) in [6.07, 6.45) is 1.51. The van der Waals surface area contributed by atoms with Crippen LogP contribution in [-0.4, -0.2) is 42.9 Å². The number of amides is 2. The van der Waals surface area contributed by atoms with Crippen LogP contribution in [0.5, 0.6) is 0 Å². The van der Waals surface area contributed by atoms with Crippen LogP contribution in [0.4, 0.5) is 5.69 Å². The van der Waals surface area contributed by atoms with Crippen molar-refractivity contribution in [1.82, 2.24) is 4.90 Å². The molecule has 0 saturated carbocycles. The van der Waals surface area contributed by atoms with E-state index in [1.807, 2.05) is 61.5 Å². The zero-order valence-corrected chi connectivity index (χ0v) is 17.0. The van der Waals surface area contributed by atoms with Crippen LogP contribution in [-0.2, 0) is 4.79 Å². The lowest BCUT2D eigenvalue weighted by molar-refractivity contribution is -0.925. The van der Waals surface area contributed by atoms with E-state index in [9.17, 15) is 9.59 Å². The maximum Gasteiger partial charge on any atom is 0.289 e. The van der Waals surface area contributed by atoms with Crippen LogP contribution in [0, 0.1) is 6.92 Å². The fourth-order valence-electron chi connectivity index (χ4n) is 3.91. The van der Waals surface area contributed by atoms with Crippen molar-refractivity contribution in [3.05, 3.63) is 89.9 Å². The standard InChI is InChI=1S/C24H25N3O3/c1-18-9-11-20(12-10-18)25-23(28)22(19-6-3-2-4-7-19)26-13-15-27(16-14-26)24(29)21-8-5-17-30-21/h2-12,17,22H,13-16H2,1H3,(H,25,28)/p+1/t22-/m0/s1. The van der Waals surface area contributed by atoms with Crippen LogP contribution in [0.2, 0.25) is 0 Å². The first-order valence-electron chi connectivity index (χ1n) is 10.2. The summed E-state index contributed by atoms with van der Waals surface area (Å²) in [5.41, 5.74) is 2.91. The second-order valence-electron chi connectivity index (χ2n) is 7.63. The number of quaternary nitrogens is 1. The summed E-state index contributed by atoms with van der Waals surface area (Å²) in [5.74, 6) is 0.223. The number of rotatable bonds is 5. The van der Waals surface area contributed by atoms with Crippen LogP contribution in [0.25, 0.3) is 0 Å². The highest BCUT2D eigenvalue weighted by molar-refractivity contribution is 5.94. The number of carbonyl (C=O) groups is 2. The number of furan rings is 1. The first-order chi connectivity index (χ1) is 14.6. The number of benzene rings is 2. The normalized spacial score (nSPS) is 15.6. The van der Waals surface area contributed by atoms with Gasteiger partial charge in [0.15, 0.2) is 11.8 Å². The molecule has 0 unspecified atom stereocenters. The van der Waals surface area contributed by atoms with Gasteiger partial charge in [-0.25, -0.2) is 0 Å². The zero-order valence-electron chi connectivity index (χ0n) is 17.0. The number of piperazine rings is 1. The van der Waals surface area contributed by atoms with Gasteiger partial charge >= 0.3 is 0 Å². The first kappa shape index (κ1) is 19.9. The average molecular weight is 404 g/mol. The number of hydrogen-bond donors (Lipinski definition) is 2. The number of hydrogen-bond acceptors (Lipinski definition) is 3. The highest BCUT2D eigenvalue weighted by atomic mass is 16.3. The van der Waals surface area contributed by atoms with Crippen LogP contribution in [0.3, 0.4) is 0 Å². The molecule has 1 aromatic heterocycles. The second kappa shape index (κ2) is 8.97. The summed E-state index contributed by atoms with van der Waals surface area (Å²) in [5, 5.41) is 3.07. The van der Waals surface area contributed by atoms with Gasteiger partial charge in [-0.1, -0.05) is 48.0 Å². The van der Waals surface area contributed by atoms with Gasteiger partial charge in [0, 0.05) is 11.3 Å². The van der Waals surface area contributed by atoms with Gasteiger partial charge < -0.3 is 19.5 Å². The van der Waals surface area contributed by atoms with Gasteiger partial charge in [-0.2, -0.15) is 0 Å². The van der Waals surface area contributed by atoms with Gasteiger partial charge in [0.2, 0.25) is 0 Å². The summed E-state index contributed by atoms with van der Waals surface area (Å²) in [7, 11) is 0. The number of carbonyl (C=O) groups excluding carboxylic acids is 2. The fourth-order valence-corrected chi connectivity index (χ4v) is 3.91. The Morgan fingerprint density at radius 1 is 0.967 bits per heavy atom. The highest BCUT2D eigenvalue weighted by Crippen LogP contribution is 2.15. The van der Waals surface area contributed by atoms with E-state index in [0.29, 0.717) is 31.9 Å². The monoisotopic (exact) mass is 404 g/mol. The van der Waals surface area contributed by atoms with E-state index < -0.39 is 0 Å². The predicted octanol–water partition coefficient (Wildman–Crippen LogP) is 2.31. The quantitative estimate of drug-likeness (QED) is 0.686. The van der Waals surface area contributed by atoms with Gasteiger partial charge in [0.1, 0.15) is 0 Å². The molecule has 2 N–H and O–H groups in total. The Hall–Kier alpha value is -3.38. The SMILES string of the molecule is Cc1ccc(NC(=O)[C@H](c2ccccc2)[NH+]2CCN(C(=O)c3ccco3)CC2)cc1.